The number of nitrogens with zero attached hydrogens (tertiary/aromatic N) is 1. The van der Waals surface area contributed by atoms with Crippen LogP contribution in [0.1, 0.15) is 30.4 Å². The molecule has 3 rings (SSSR count). The molecule has 3 N–H and O–H groups in total. The molecule has 0 aromatic heterocycles. The van der Waals surface area contributed by atoms with Crippen LogP contribution in [-0.2, 0) is 9.53 Å². The van der Waals surface area contributed by atoms with Gasteiger partial charge in [-0.05, 0) is 25.1 Å². The standard InChI is InChI=1S/C22H29N3O3/c1-15-14-18(28-3)24-22(23-15)25(2)20(21(26)27)19(16-10-6-4-7-11-16)17-12-8-5-9-13-17/h4-13,15,18-20,22-24H,14H2,1-3H3,(H,26,27). The van der Waals surface area contributed by atoms with Gasteiger partial charge in [-0.1, -0.05) is 60.7 Å². The fourth-order valence-corrected chi connectivity index (χ4v) is 3.94. The van der Waals surface area contributed by atoms with E-state index < -0.39 is 12.0 Å². The quantitative estimate of drug-likeness (QED) is 0.682. The smallest absolute Gasteiger partial charge is 0.321 e. The van der Waals surface area contributed by atoms with Gasteiger partial charge in [-0.25, -0.2) is 0 Å². The first-order valence-corrected chi connectivity index (χ1v) is 9.60. The van der Waals surface area contributed by atoms with Crippen molar-refractivity contribution in [1.82, 2.24) is 15.5 Å². The lowest BCUT2D eigenvalue weighted by Gasteiger charge is -2.43. The second kappa shape index (κ2) is 9.30. The van der Waals surface area contributed by atoms with Crippen LogP contribution in [-0.4, -0.2) is 54.7 Å². The van der Waals surface area contributed by atoms with E-state index >= 15 is 0 Å². The lowest BCUT2D eigenvalue weighted by molar-refractivity contribution is -0.146. The Hall–Kier alpha value is -2.25. The summed E-state index contributed by atoms with van der Waals surface area (Å²) in [6, 6.07) is 19.1. The van der Waals surface area contributed by atoms with E-state index in [-0.39, 0.29) is 24.5 Å². The molecule has 0 bridgehead atoms. The third-order valence-corrected chi connectivity index (χ3v) is 5.37. The molecule has 28 heavy (non-hydrogen) atoms. The summed E-state index contributed by atoms with van der Waals surface area (Å²) in [5.41, 5.74) is 1.94. The minimum absolute atomic E-state index is 0.120. The fraction of sp³-hybridized carbons (Fsp3) is 0.409. The highest BCUT2D eigenvalue weighted by atomic mass is 16.5. The summed E-state index contributed by atoms with van der Waals surface area (Å²) in [6.07, 6.45) is 0.383. The second-order valence-corrected chi connectivity index (χ2v) is 7.34. The van der Waals surface area contributed by atoms with Crippen molar-refractivity contribution in [3.05, 3.63) is 71.8 Å². The molecule has 1 heterocycles. The number of ether oxygens (including phenoxy) is 1. The van der Waals surface area contributed by atoms with Gasteiger partial charge in [0, 0.05) is 25.5 Å². The van der Waals surface area contributed by atoms with Crippen molar-refractivity contribution in [2.45, 2.75) is 43.9 Å². The summed E-state index contributed by atoms with van der Waals surface area (Å²) < 4.78 is 5.49. The zero-order valence-electron chi connectivity index (χ0n) is 16.6. The monoisotopic (exact) mass is 383 g/mol. The summed E-state index contributed by atoms with van der Waals surface area (Å²) in [5.74, 6) is -1.18. The molecule has 0 amide bonds. The summed E-state index contributed by atoms with van der Waals surface area (Å²) in [5, 5.41) is 17.0. The Bertz CT molecular complexity index is 717. The predicted molar refractivity (Wildman–Crippen MR) is 109 cm³/mol. The van der Waals surface area contributed by atoms with Gasteiger partial charge in [-0.2, -0.15) is 0 Å². The average molecular weight is 383 g/mol. The highest BCUT2D eigenvalue weighted by Crippen LogP contribution is 2.31. The molecule has 0 aliphatic carbocycles. The molecule has 0 saturated carbocycles. The largest absolute Gasteiger partial charge is 0.480 e. The molecular weight excluding hydrogens is 354 g/mol. The number of carboxylic acids is 1. The molecule has 1 saturated heterocycles. The van der Waals surface area contributed by atoms with E-state index in [1.165, 1.54) is 0 Å². The molecule has 6 nitrogen and oxygen atoms in total. The first-order chi connectivity index (χ1) is 13.5. The van der Waals surface area contributed by atoms with E-state index in [1.54, 1.807) is 7.11 Å². The number of carboxylic acid groups (broad SMARTS) is 1. The van der Waals surface area contributed by atoms with Crippen molar-refractivity contribution in [2.24, 2.45) is 0 Å². The molecular formula is C22H29N3O3. The van der Waals surface area contributed by atoms with Gasteiger partial charge in [0.25, 0.3) is 0 Å². The molecule has 6 heteroatoms. The maximum absolute atomic E-state index is 12.5. The summed E-state index contributed by atoms with van der Waals surface area (Å²) in [7, 11) is 3.51. The lowest BCUT2D eigenvalue weighted by Crippen LogP contribution is -2.67. The van der Waals surface area contributed by atoms with Crippen LogP contribution in [0.15, 0.2) is 60.7 Å². The maximum Gasteiger partial charge on any atom is 0.321 e. The van der Waals surface area contributed by atoms with E-state index in [0.29, 0.717) is 0 Å². The normalized spacial score (nSPS) is 23.7. The summed E-state index contributed by atoms with van der Waals surface area (Å²) >= 11 is 0. The van der Waals surface area contributed by atoms with E-state index in [9.17, 15) is 9.90 Å². The first-order valence-electron chi connectivity index (χ1n) is 9.60. The lowest BCUT2D eigenvalue weighted by atomic mass is 9.84. The topological polar surface area (TPSA) is 73.8 Å². The second-order valence-electron chi connectivity index (χ2n) is 7.34. The number of hydrogen-bond donors (Lipinski definition) is 3. The van der Waals surface area contributed by atoms with Gasteiger partial charge in [0.2, 0.25) is 0 Å². The molecule has 4 unspecified atom stereocenters. The Morgan fingerprint density at radius 1 is 1.07 bits per heavy atom. The van der Waals surface area contributed by atoms with Crippen molar-refractivity contribution < 1.29 is 14.6 Å². The Morgan fingerprint density at radius 2 is 1.61 bits per heavy atom. The third-order valence-electron chi connectivity index (χ3n) is 5.37. The van der Waals surface area contributed by atoms with Crippen LogP contribution in [0.25, 0.3) is 0 Å². The Morgan fingerprint density at radius 3 is 2.07 bits per heavy atom. The fourth-order valence-electron chi connectivity index (χ4n) is 3.94. The van der Waals surface area contributed by atoms with E-state index in [2.05, 4.69) is 17.6 Å². The zero-order valence-corrected chi connectivity index (χ0v) is 16.6. The van der Waals surface area contributed by atoms with E-state index in [0.717, 1.165) is 17.5 Å². The highest BCUT2D eigenvalue weighted by molar-refractivity contribution is 5.76. The molecule has 2 aromatic carbocycles. The number of likely N-dealkylation sites (N-methyl/N-ethyl adjacent to an activating group) is 1. The van der Waals surface area contributed by atoms with Crippen LogP contribution in [0, 0.1) is 0 Å². The van der Waals surface area contributed by atoms with E-state index in [1.807, 2.05) is 72.6 Å². The number of hydrogen-bond acceptors (Lipinski definition) is 5. The predicted octanol–water partition coefficient (Wildman–Crippen LogP) is 2.43. The number of nitrogens with one attached hydrogen (secondary N) is 2. The Kier molecular flexibility index (Phi) is 6.80. The maximum atomic E-state index is 12.5. The van der Waals surface area contributed by atoms with Crippen LogP contribution in [0.4, 0.5) is 0 Å². The molecule has 4 atom stereocenters. The van der Waals surface area contributed by atoms with Crippen molar-refractivity contribution in [1.29, 1.82) is 0 Å². The number of methoxy groups -OCH3 is 1. The van der Waals surface area contributed by atoms with Gasteiger partial charge in [0.1, 0.15) is 18.6 Å². The van der Waals surface area contributed by atoms with Gasteiger partial charge in [-0.3, -0.25) is 20.3 Å². The van der Waals surface area contributed by atoms with Gasteiger partial charge in [-0.15, -0.1) is 0 Å². The van der Waals surface area contributed by atoms with Crippen molar-refractivity contribution in [3.63, 3.8) is 0 Å². The molecule has 2 aromatic rings. The van der Waals surface area contributed by atoms with E-state index in [4.69, 9.17) is 4.74 Å². The van der Waals surface area contributed by atoms with Gasteiger partial charge in [0.05, 0.1) is 0 Å². The van der Waals surface area contributed by atoms with Crippen molar-refractivity contribution in [2.75, 3.05) is 14.2 Å². The van der Waals surface area contributed by atoms with Gasteiger partial charge < -0.3 is 9.84 Å². The average Bonchev–Trinajstić information content (AvgIpc) is 2.72. The molecule has 150 valence electrons. The summed E-state index contributed by atoms with van der Waals surface area (Å²) in [6.45, 7) is 2.08. The molecule has 0 spiro atoms. The number of aliphatic carboxylic acids is 1. The molecule has 1 aliphatic heterocycles. The number of benzene rings is 2. The Labute approximate surface area is 166 Å². The van der Waals surface area contributed by atoms with Crippen molar-refractivity contribution in [3.8, 4) is 0 Å². The van der Waals surface area contributed by atoms with Crippen LogP contribution in [0.5, 0.6) is 0 Å². The van der Waals surface area contributed by atoms with Gasteiger partial charge in [0.15, 0.2) is 0 Å². The Balaban J connectivity index is 1.98. The third kappa shape index (κ3) is 4.59. The molecule has 1 aliphatic rings. The van der Waals surface area contributed by atoms with Crippen LogP contribution in [0.3, 0.4) is 0 Å². The first kappa shape index (κ1) is 20.5. The minimum Gasteiger partial charge on any atom is -0.480 e. The highest BCUT2D eigenvalue weighted by Gasteiger charge is 2.39. The molecule has 0 radical (unpaired) electrons. The zero-order chi connectivity index (χ0) is 20.1. The number of carbonyl (C=O) groups is 1. The summed E-state index contributed by atoms with van der Waals surface area (Å²) in [4.78, 5) is 14.3. The minimum atomic E-state index is -0.865. The molecule has 1 fully saturated rings. The van der Waals surface area contributed by atoms with Crippen LogP contribution < -0.4 is 10.6 Å². The van der Waals surface area contributed by atoms with Gasteiger partial charge >= 0.3 is 5.97 Å². The number of rotatable bonds is 7. The van der Waals surface area contributed by atoms with Crippen LogP contribution >= 0.6 is 0 Å². The van der Waals surface area contributed by atoms with Crippen molar-refractivity contribution >= 4 is 5.97 Å². The SMILES string of the molecule is COC1CC(C)NC(N(C)C(C(=O)O)C(c2ccccc2)c2ccccc2)N1. The van der Waals surface area contributed by atoms with Crippen LogP contribution in [0.2, 0.25) is 0 Å².